The van der Waals surface area contributed by atoms with Crippen molar-refractivity contribution in [3.8, 4) is 5.75 Å². The van der Waals surface area contributed by atoms with Crippen LogP contribution in [0.15, 0.2) is 18.2 Å². The van der Waals surface area contributed by atoms with Crippen LogP contribution in [0.5, 0.6) is 5.75 Å². The first-order valence-electron chi connectivity index (χ1n) is 5.95. The zero-order chi connectivity index (χ0) is 16.2. The van der Waals surface area contributed by atoms with Crippen LogP contribution >= 0.6 is 0 Å². The van der Waals surface area contributed by atoms with E-state index in [1.54, 1.807) is 0 Å². The van der Waals surface area contributed by atoms with Crippen molar-refractivity contribution in [2.45, 2.75) is 13.5 Å². The van der Waals surface area contributed by atoms with Crippen LogP contribution < -0.4 is 4.74 Å². The first-order chi connectivity index (χ1) is 9.72. The largest absolute Gasteiger partial charge is 0.481 e. The van der Waals surface area contributed by atoms with Crippen molar-refractivity contribution >= 4 is 11.9 Å². The fraction of sp³-hybridized carbons (Fsp3) is 0.385. The molecule has 116 valence electrons. The second-order valence-corrected chi connectivity index (χ2v) is 4.44. The monoisotopic (exact) mass is 305 g/mol. The Kier molecular flexibility index (Phi) is 5.57. The van der Waals surface area contributed by atoms with Crippen LogP contribution in [0.25, 0.3) is 0 Å². The van der Waals surface area contributed by atoms with Gasteiger partial charge in [0, 0.05) is 19.7 Å². The van der Waals surface area contributed by atoms with E-state index < -0.39 is 36.0 Å². The molecule has 0 aliphatic rings. The zero-order valence-electron chi connectivity index (χ0n) is 11.3. The van der Waals surface area contributed by atoms with E-state index in [1.165, 1.54) is 14.0 Å². The van der Waals surface area contributed by atoms with Gasteiger partial charge in [-0.1, -0.05) is 6.92 Å². The summed E-state index contributed by atoms with van der Waals surface area (Å²) >= 11 is 0. The number of halogens is 3. The number of alkyl halides is 2. The Morgan fingerprint density at radius 1 is 1.38 bits per heavy atom. The summed E-state index contributed by atoms with van der Waals surface area (Å²) in [7, 11) is 1.32. The van der Waals surface area contributed by atoms with Gasteiger partial charge in [0.1, 0.15) is 11.6 Å². The lowest BCUT2D eigenvalue weighted by atomic mass is 10.1. The molecule has 0 saturated carbocycles. The highest BCUT2D eigenvalue weighted by molar-refractivity contribution is 5.97. The highest BCUT2D eigenvalue weighted by Gasteiger charge is 2.22. The minimum absolute atomic E-state index is 0.125. The Balaban J connectivity index is 2.98. The molecule has 0 heterocycles. The van der Waals surface area contributed by atoms with Crippen LogP contribution in [0.1, 0.15) is 17.3 Å². The van der Waals surface area contributed by atoms with Crippen molar-refractivity contribution in [3.05, 3.63) is 29.6 Å². The fourth-order valence-corrected chi connectivity index (χ4v) is 1.64. The molecule has 1 atom stereocenters. The molecule has 0 fully saturated rings. The first-order valence-corrected chi connectivity index (χ1v) is 5.95. The van der Waals surface area contributed by atoms with Crippen LogP contribution in [0.3, 0.4) is 0 Å². The number of benzene rings is 1. The van der Waals surface area contributed by atoms with Crippen molar-refractivity contribution in [3.63, 3.8) is 0 Å². The molecule has 0 aliphatic carbocycles. The highest BCUT2D eigenvalue weighted by Crippen LogP contribution is 2.23. The number of hydrogen-bond acceptors (Lipinski definition) is 3. The molecule has 0 aliphatic heterocycles. The van der Waals surface area contributed by atoms with Gasteiger partial charge in [-0.25, -0.2) is 4.39 Å². The Morgan fingerprint density at radius 2 is 2.00 bits per heavy atom. The van der Waals surface area contributed by atoms with E-state index in [-0.39, 0.29) is 12.1 Å². The summed E-state index contributed by atoms with van der Waals surface area (Å²) in [5, 5.41) is 8.78. The number of nitrogens with zero attached hydrogens (tertiary/aromatic N) is 1. The molecule has 0 spiro atoms. The second kappa shape index (κ2) is 6.96. The molecular weight excluding hydrogens is 291 g/mol. The minimum Gasteiger partial charge on any atom is -0.481 e. The van der Waals surface area contributed by atoms with E-state index in [1.807, 2.05) is 0 Å². The van der Waals surface area contributed by atoms with Crippen molar-refractivity contribution in [2.24, 2.45) is 5.92 Å². The topological polar surface area (TPSA) is 66.8 Å². The molecule has 0 bridgehead atoms. The smallest absolute Gasteiger partial charge is 0.387 e. The van der Waals surface area contributed by atoms with Gasteiger partial charge in [0.05, 0.1) is 11.5 Å². The van der Waals surface area contributed by atoms with Gasteiger partial charge >= 0.3 is 12.6 Å². The SMILES string of the molecule is CC(CN(C)C(=O)c1ccc(F)cc1OC(F)F)C(=O)O. The van der Waals surface area contributed by atoms with Crippen LogP contribution in [0.2, 0.25) is 0 Å². The van der Waals surface area contributed by atoms with Gasteiger partial charge in [-0.15, -0.1) is 0 Å². The van der Waals surface area contributed by atoms with Crippen LogP contribution in [0.4, 0.5) is 13.2 Å². The van der Waals surface area contributed by atoms with Gasteiger partial charge in [0.2, 0.25) is 0 Å². The van der Waals surface area contributed by atoms with E-state index >= 15 is 0 Å². The summed E-state index contributed by atoms with van der Waals surface area (Å²) in [5.41, 5.74) is -0.267. The van der Waals surface area contributed by atoms with Gasteiger partial charge in [0.15, 0.2) is 0 Å². The maximum atomic E-state index is 13.1. The molecule has 1 rings (SSSR count). The lowest BCUT2D eigenvalue weighted by Crippen LogP contribution is -2.34. The number of carbonyl (C=O) groups is 2. The standard InChI is InChI=1S/C13H14F3NO4/c1-7(12(19)20)6-17(2)11(18)9-4-3-8(14)5-10(9)21-13(15)16/h3-5,7,13H,6H2,1-2H3,(H,19,20). The lowest BCUT2D eigenvalue weighted by Gasteiger charge is -2.20. The normalized spacial score (nSPS) is 12.1. The lowest BCUT2D eigenvalue weighted by molar-refractivity contribution is -0.141. The zero-order valence-corrected chi connectivity index (χ0v) is 11.3. The van der Waals surface area contributed by atoms with Gasteiger partial charge in [-0.2, -0.15) is 8.78 Å². The summed E-state index contributed by atoms with van der Waals surface area (Å²) in [6.45, 7) is -1.94. The molecule has 1 N–H and O–H groups in total. The average molecular weight is 305 g/mol. The minimum atomic E-state index is -3.21. The van der Waals surface area contributed by atoms with E-state index in [0.717, 1.165) is 17.0 Å². The molecule has 8 heteroatoms. The maximum Gasteiger partial charge on any atom is 0.387 e. The molecular formula is C13H14F3NO4. The quantitative estimate of drug-likeness (QED) is 0.875. The summed E-state index contributed by atoms with van der Waals surface area (Å²) in [5.74, 6) is -4.09. The average Bonchev–Trinajstić information content (AvgIpc) is 2.37. The predicted octanol–water partition coefficient (Wildman–Crippen LogP) is 2.22. The summed E-state index contributed by atoms with van der Waals surface area (Å²) in [6.07, 6.45) is 0. The number of aliphatic carboxylic acids is 1. The molecule has 1 aromatic rings. The van der Waals surface area contributed by atoms with Gasteiger partial charge in [-0.05, 0) is 12.1 Å². The Bertz CT molecular complexity index is 536. The number of carbonyl (C=O) groups excluding carboxylic acids is 1. The van der Waals surface area contributed by atoms with E-state index in [0.29, 0.717) is 6.07 Å². The van der Waals surface area contributed by atoms with Gasteiger partial charge in [-0.3, -0.25) is 9.59 Å². The van der Waals surface area contributed by atoms with E-state index in [4.69, 9.17) is 5.11 Å². The molecule has 0 radical (unpaired) electrons. The third kappa shape index (κ3) is 4.66. The van der Waals surface area contributed by atoms with Crippen molar-refractivity contribution < 1.29 is 32.6 Å². The number of hydrogen-bond donors (Lipinski definition) is 1. The first kappa shape index (κ1) is 16.8. The number of ether oxygens (including phenoxy) is 1. The molecule has 5 nitrogen and oxygen atoms in total. The van der Waals surface area contributed by atoms with Gasteiger partial charge < -0.3 is 14.7 Å². The number of carboxylic acid groups (broad SMARTS) is 1. The number of rotatable bonds is 6. The Morgan fingerprint density at radius 3 is 2.52 bits per heavy atom. The molecule has 0 saturated heterocycles. The van der Waals surface area contributed by atoms with Crippen molar-refractivity contribution in [1.82, 2.24) is 4.90 Å². The highest BCUT2D eigenvalue weighted by atomic mass is 19.3. The molecule has 1 aromatic carbocycles. The summed E-state index contributed by atoms with van der Waals surface area (Å²) in [6, 6.07) is 2.62. The fourth-order valence-electron chi connectivity index (χ4n) is 1.64. The van der Waals surface area contributed by atoms with Crippen molar-refractivity contribution in [1.29, 1.82) is 0 Å². The van der Waals surface area contributed by atoms with Crippen LogP contribution in [0, 0.1) is 11.7 Å². The van der Waals surface area contributed by atoms with E-state index in [9.17, 15) is 22.8 Å². The van der Waals surface area contributed by atoms with Crippen LogP contribution in [-0.2, 0) is 4.79 Å². The number of carboxylic acids is 1. The summed E-state index contributed by atoms with van der Waals surface area (Å²) < 4.78 is 41.7. The van der Waals surface area contributed by atoms with Crippen molar-refractivity contribution in [2.75, 3.05) is 13.6 Å². The predicted molar refractivity (Wildman–Crippen MR) is 66.8 cm³/mol. The molecule has 21 heavy (non-hydrogen) atoms. The third-order valence-corrected chi connectivity index (χ3v) is 2.71. The Hall–Kier alpha value is -2.25. The van der Waals surface area contributed by atoms with Crippen LogP contribution in [-0.4, -0.2) is 42.1 Å². The molecule has 1 unspecified atom stereocenters. The summed E-state index contributed by atoms with van der Waals surface area (Å²) in [4.78, 5) is 23.9. The third-order valence-electron chi connectivity index (χ3n) is 2.71. The second-order valence-electron chi connectivity index (χ2n) is 4.44. The molecule has 1 amide bonds. The Labute approximate surface area is 118 Å². The van der Waals surface area contributed by atoms with Gasteiger partial charge in [0.25, 0.3) is 5.91 Å². The number of amides is 1. The molecule has 0 aromatic heterocycles. The maximum absolute atomic E-state index is 13.1. The van der Waals surface area contributed by atoms with E-state index in [2.05, 4.69) is 4.74 Å².